The quantitative estimate of drug-likeness (QED) is 0.247. The molecule has 3 atom stereocenters. The van der Waals surface area contributed by atoms with Crippen LogP contribution in [0.1, 0.15) is 50.5 Å². The summed E-state index contributed by atoms with van der Waals surface area (Å²) in [6.45, 7) is 3.80. The van der Waals surface area contributed by atoms with Gasteiger partial charge in [-0.15, -0.1) is 0 Å². The molecule has 49 heavy (non-hydrogen) atoms. The van der Waals surface area contributed by atoms with Gasteiger partial charge in [0, 0.05) is 50.6 Å². The average Bonchev–Trinajstić information content (AvgIpc) is 3.75. The largest absolute Gasteiger partial charge is 0.461 e. The lowest BCUT2D eigenvalue weighted by Gasteiger charge is -2.47. The number of aromatic nitrogens is 3. The third-order valence-corrected chi connectivity index (χ3v) is 11.3. The number of nitrogens with one attached hydrogen (secondary N) is 1. The summed E-state index contributed by atoms with van der Waals surface area (Å²) in [6, 6.07) is 1.36. The number of fused-ring (bicyclic) bond motifs is 4. The molecular weight excluding hydrogens is 652 g/mol. The molecule has 9 nitrogen and oxygen atoms in total. The van der Waals surface area contributed by atoms with Crippen molar-refractivity contribution in [2.24, 2.45) is 5.92 Å². The van der Waals surface area contributed by atoms with Gasteiger partial charge < -0.3 is 25.4 Å². The lowest BCUT2D eigenvalue weighted by molar-refractivity contribution is -0.137. The summed E-state index contributed by atoms with van der Waals surface area (Å²) in [5.74, 6) is -1.99. The van der Waals surface area contributed by atoms with Crippen molar-refractivity contribution in [2.75, 3.05) is 56.6 Å². The first-order valence-corrected chi connectivity index (χ1v) is 16.8. The summed E-state index contributed by atoms with van der Waals surface area (Å²) in [5, 5.41) is 4.01. The fraction of sp³-hybridized carbons (Fsp3) is 0.559. The second-order valence-electron chi connectivity index (χ2n) is 14.2. The average molecular weight is 690 g/mol. The van der Waals surface area contributed by atoms with Gasteiger partial charge in [-0.05, 0) is 75.1 Å². The Morgan fingerprint density at radius 2 is 1.92 bits per heavy atom. The van der Waals surface area contributed by atoms with Crippen molar-refractivity contribution >= 4 is 22.4 Å². The van der Waals surface area contributed by atoms with Crippen LogP contribution in [0.5, 0.6) is 6.01 Å². The first-order chi connectivity index (χ1) is 23.5. The maximum absolute atomic E-state index is 16.7. The summed E-state index contributed by atoms with van der Waals surface area (Å²) in [6.07, 6.45) is 2.62. The first-order valence-electron chi connectivity index (χ1n) is 16.8. The van der Waals surface area contributed by atoms with Crippen molar-refractivity contribution in [3.8, 4) is 17.3 Å². The number of nitrogens with two attached hydrogens (primary N) is 1. The Balaban J connectivity index is 1.24. The predicted octanol–water partition coefficient (Wildman–Crippen LogP) is 5.78. The lowest BCUT2D eigenvalue weighted by Crippen LogP contribution is -2.63. The van der Waals surface area contributed by atoms with Crippen LogP contribution in [-0.4, -0.2) is 83.0 Å². The number of benzene rings is 1. The van der Waals surface area contributed by atoms with Crippen LogP contribution in [0.4, 0.5) is 37.8 Å². The van der Waals surface area contributed by atoms with Crippen LogP contribution in [0.2, 0.25) is 0 Å². The van der Waals surface area contributed by atoms with E-state index < -0.39 is 45.9 Å². The summed E-state index contributed by atoms with van der Waals surface area (Å²) in [5.41, 5.74) is 1.31. The number of ether oxygens (including phenoxy) is 2. The highest BCUT2D eigenvalue weighted by Gasteiger charge is 2.51. The third-order valence-electron chi connectivity index (χ3n) is 11.3. The van der Waals surface area contributed by atoms with Gasteiger partial charge in [0.25, 0.3) is 0 Å². The van der Waals surface area contributed by atoms with Gasteiger partial charge >= 0.3 is 12.2 Å². The molecule has 3 N–H and O–H groups in total. The standard InChI is InChI=1S/C34H37F6N7O2/c35-13-19-12-32(7-1-9-47(32)15-19)18-49-31-43-28-22(14-42-29(27(28)37)25-23(34(38,39)40)2-3-24(41)26(25)36)30(44-31)46-16-21-4-8-33(17-46,45-21)20-5-10-48-11-6-20/h2-3,13-14,20-21,45H,1,4-12,15-18,41H2/b19-13-/t21-,32-,33+/m0/s1. The first kappa shape index (κ1) is 32.5. The number of pyridine rings is 1. The minimum absolute atomic E-state index is 0.104. The Morgan fingerprint density at radius 1 is 1.10 bits per heavy atom. The van der Waals surface area contributed by atoms with E-state index in [4.69, 9.17) is 20.2 Å². The molecule has 0 aliphatic carbocycles. The molecule has 0 radical (unpaired) electrons. The van der Waals surface area contributed by atoms with Gasteiger partial charge in [-0.1, -0.05) is 0 Å². The molecule has 15 heteroatoms. The third kappa shape index (κ3) is 5.48. The van der Waals surface area contributed by atoms with Crippen molar-refractivity contribution in [1.82, 2.24) is 25.2 Å². The van der Waals surface area contributed by atoms with Gasteiger partial charge in [0.05, 0.1) is 34.1 Å². The molecule has 5 aliphatic rings. The number of rotatable bonds is 6. The number of hydrogen-bond donors (Lipinski definition) is 2. The SMILES string of the molecule is Nc1ccc(C(F)(F)F)c(-c2ncc3c(N4C[C@@H]5CC[C@](C6CCOCC6)(C4)N5)nc(OC[C@@]45CCCN4C/C(=C\F)C5)nc3c2F)c1F. The number of piperazine rings is 1. The normalized spacial score (nSPS) is 28.6. The van der Waals surface area contributed by atoms with E-state index in [0.717, 1.165) is 51.1 Å². The number of halogens is 6. The van der Waals surface area contributed by atoms with Crippen LogP contribution in [0.25, 0.3) is 22.2 Å². The number of hydrogen-bond acceptors (Lipinski definition) is 9. The molecule has 5 saturated heterocycles. The van der Waals surface area contributed by atoms with Gasteiger partial charge in [-0.2, -0.15) is 23.1 Å². The van der Waals surface area contributed by atoms with Crippen molar-refractivity contribution < 1.29 is 35.8 Å². The van der Waals surface area contributed by atoms with E-state index in [1.807, 2.05) is 0 Å². The van der Waals surface area contributed by atoms with Gasteiger partial charge in [0.15, 0.2) is 11.6 Å². The van der Waals surface area contributed by atoms with Gasteiger partial charge in [-0.3, -0.25) is 9.88 Å². The van der Waals surface area contributed by atoms with Crippen molar-refractivity contribution in [2.45, 2.75) is 68.2 Å². The fourth-order valence-corrected chi connectivity index (χ4v) is 8.99. The predicted molar refractivity (Wildman–Crippen MR) is 170 cm³/mol. The monoisotopic (exact) mass is 689 g/mol. The van der Waals surface area contributed by atoms with E-state index >= 15 is 8.78 Å². The Hall–Kier alpha value is -3.69. The zero-order valence-corrected chi connectivity index (χ0v) is 26.8. The van der Waals surface area contributed by atoms with Crippen molar-refractivity contribution in [3.63, 3.8) is 0 Å². The molecule has 8 rings (SSSR count). The summed E-state index contributed by atoms with van der Waals surface area (Å²) < 4.78 is 99.7. The molecular formula is C34H37F6N7O2. The molecule has 3 aromatic rings. The molecule has 2 aromatic heterocycles. The second kappa shape index (κ2) is 12.0. The second-order valence-corrected chi connectivity index (χ2v) is 14.2. The summed E-state index contributed by atoms with van der Waals surface area (Å²) in [7, 11) is 0. The Bertz CT molecular complexity index is 1820. The van der Waals surface area contributed by atoms with Crippen LogP contribution in [0, 0.1) is 17.6 Å². The number of nitrogens with zero attached hydrogens (tertiary/aromatic N) is 5. The van der Waals surface area contributed by atoms with Gasteiger partial charge in [-0.25, -0.2) is 13.2 Å². The van der Waals surface area contributed by atoms with E-state index in [2.05, 4.69) is 25.1 Å². The number of nitrogen functional groups attached to an aromatic ring is 1. The topological polar surface area (TPSA) is 102 Å². The van der Waals surface area contributed by atoms with Crippen LogP contribution in [-0.2, 0) is 10.9 Å². The molecule has 1 aromatic carbocycles. The lowest BCUT2D eigenvalue weighted by atomic mass is 9.77. The zero-order chi connectivity index (χ0) is 34.1. The Labute approximate surface area is 278 Å². The van der Waals surface area contributed by atoms with E-state index in [9.17, 15) is 17.6 Å². The van der Waals surface area contributed by atoms with E-state index in [1.54, 1.807) is 0 Å². The molecule has 262 valence electrons. The van der Waals surface area contributed by atoms with Crippen LogP contribution >= 0.6 is 0 Å². The molecule has 0 unspecified atom stereocenters. The Kier molecular flexibility index (Phi) is 7.95. The fourth-order valence-electron chi connectivity index (χ4n) is 8.99. The molecule has 2 bridgehead atoms. The minimum Gasteiger partial charge on any atom is -0.461 e. The summed E-state index contributed by atoms with van der Waals surface area (Å²) >= 11 is 0. The highest BCUT2D eigenvalue weighted by atomic mass is 19.4. The molecule has 0 amide bonds. The maximum Gasteiger partial charge on any atom is 0.417 e. The smallest absolute Gasteiger partial charge is 0.417 e. The van der Waals surface area contributed by atoms with Crippen LogP contribution in [0.3, 0.4) is 0 Å². The zero-order valence-electron chi connectivity index (χ0n) is 26.8. The van der Waals surface area contributed by atoms with Gasteiger partial charge in [0.1, 0.15) is 23.6 Å². The van der Waals surface area contributed by atoms with Gasteiger partial charge in [0.2, 0.25) is 0 Å². The molecule has 5 fully saturated rings. The highest BCUT2D eigenvalue weighted by Crippen LogP contribution is 2.45. The van der Waals surface area contributed by atoms with Crippen molar-refractivity contribution in [3.05, 3.63) is 47.4 Å². The molecule has 0 spiro atoms. The van der Waals surface area contributed by atoms with Crippen molar-refractivity contribution in [1.29, 1.82) is 0 Å². The maximum atomic E-state index is 16.7. The van der Waals surface area contributed by atoms with Crippen LogP contribution < -0.4 is 20.7 Å². The van der Waals surface area contributed by atoms with E-state index in [1.165, 1.54) is 6.20 Å². The summed E-state index contributed by atoms with van der Waals surface area (Å²) in [4.78, 5) is 17.5. The van der Waals surface area contributed by atoms with Crippen LogP contribution in [0.15, 0.2) is 30.2 Å². The van der Waals surface area contributed by atoms with E-state index in [-0.39, 0.29) is 35.1 Å². The Morgan fingerprint density at radius 3 is 2.69 bits per heavy atom. The molecule has 5 aliphatic heterocycles. The molecule has 0 saturated carbocycles. The van der Waals surface area contributed by atoms with E-state index in [0.29, 0.717) is 69.0 Å². The highest BCUT2D eigenvalue weighted by molar-refractivity contribution is 5.92. The minimum atomic E-state index is -5.02. The number of anilines is 2. The number of alkyl halides is 3. The molecule has 7 heterocycles.